The molecule has 0 spiro atoms. The summed E-state index contributed by atoms with van der Waals surface area (Å²) in [5.74, 6) is 0. The molecule has 0 unspecified atom stereocenters. The fraction of sp³-hybridized carbons (Fsp3) is 0.400. The van der Waals surface area contributed by atoms with Crippen molar-refractivity contribution in [2.45, 2.75) is 27.1 Å². The fourth-order valence-electron chi connectivity index (χ4n) is 0.541. The van der Waals surface area contributed by atoms with Crippen molar-refractivity contribution < 1.29 is 10.2 Å². The van der Waals surface area contributed by atoms with Gasteiger partial charge in [-0.05, 0) is 26.3 Å². The van der Waals surface area contributed by atoms with E-state index in [-0.39, 0.29) is 0 Å². The van der Waals surface area contributed by atoms with Gasteiger partial charge in [-0.1, -0.05) is 29.9 Å². The second kappa shape index (κ2) is 5.75. The first-order valence-corrected chi connectivity index (χ1v) is 3.88. The molecule has 0 amide bonds. The number of hydrogen-bond donors (Lipinski definition) is 2. The van der Waals surface area contributed by atoms with Crippen LogP contribution in [-0.2, 0) is 0 Å². The van der Waals surface area contributed by atoms with Crippen molar-refractivity contribution in [3.8, 4) is 0 Å². The Kier molecular flexibility index (Phi) is 5.34. The van der Waals surface area contributed by atoms with Crippen LogP contribution >= 0.6 is 0 Å². The molecule has 0 radical (unpaired) electrons. The minimum atomic E-state index is -1.35. The molecule has 0 saturated heterocycles. The molecule has 2 heteroatoms. The van der Waals surface area contributed by atoms with Crippen molar-refractivity contribution in [3.05, 3.63) is 35.5 Å². The van der Waals surface area contributed by atoms with Crippen molar-refractivity contribution in [2.75, 3.05) is 0 Å². The lowest BCUT2D eigenvalue weighted by atomic mass is 10.2. The summed E-state index contributed by atoms with van der Waals surface area (Å²) < 4.78 is 0. The molecule has 2 nitrogen and oxygen atoms in total. The summed E-state index contributed by atoms with van der Waals surface area (Å²) in [5.41, 5.74) is 1.75. The van der Waals surface area contributed by atoms with E-state index in [0.29, 0.717) is 5.57 Å². The van der Waals surface area contributed by atoms with Crippen LogP contribution in [-0.4, -0.2) is 16.5 Å². The number of hydrogen-bond acceptors (Lipinski definition) is 2. The number of allylic oxidation sites excluding steroid dienone is 5. The topological polar surface area (TPSA) is 40.5 Å². The average Bonchev–Trinajstić information content (AvgIpc) is 1.97. The number of aliphatic hydroxyl groups is 2. The van der Waals surface area contributed by atoms with Crippen LogP contribution in [0, 0.1) is 0 Å². The van der Waals surface area contributed by atoms with Gasteiger partial charge in [0, 0.05) is 0 Å². The fourth-order valence-corrected chi connectivity index (χ4v) is 0.541. The Hall–Kier alpha value is -0.860. The molecule has 0 aliphatic rings. The summed E-state index contributed by atoms with van der Waals surface area (Å²) in [6.45, 7) is 5.67. The standard InChI is InChI=1S/C10H16O2/c1-8(2)6-4-5-7-9(3)10(11)12/h4-7,10-12H,1-3H3. The maximum absolute atomic E-state index is 8.67. The highest BCUT2D eigenvalue weighted by molar-refractivity contribution is 5.17. The first-order valence-electron chi connectivity index (χ1n) is 3.88. The van der Waals surface area contributed by atoms with E-state index >= 15 is 0 Å². The first-order chi connectivity index (χ1) is 5.54. The van der Waals surface area contributed by atoms with E-state index in [1.54, 1.807) is 19.1 Å². The normalized spacial score (nSPS) is 12.7. The van der Waals surface area contributed by atoms with Crippen LogP contribution in [0.4, 0.5) is 0 Å². The van der Waals surface area contributed by atoms with Gasteiger partial charge < -0.3 is 10.2 Å². The van der Waals surface area contributed by atoms with Crippen molar-refractivity contribution >= 4 is 0 Å². The Bertz CT molecular complexity index is 206. The lowest BCUT2D eigenvalue weighted by molar-refractivity contribution is -0.00760. The van der Waals surface area contributed by atoms with Crippen LogP contribution in [0.2, 0.25) is 0 Å². The summed E-state index contributed by atoms with van der Waals surface area (Å²) in [6.07, 6.45) is 5.92. The molecule has 0 aromatic heterocycles. The Morgan fingerprint density at radius 1 is 1.00 bits per heavy atom. The molecule has 0 saturated carbocycles. The van der Waals surface area contributed by atoms with E-state index in [2.05, 4.69) is 0 Å². The number of aliphatic hydroxyl groups excluding tert-OH is 1. The van der Waals surface area contributed by atoms with Gasteiger partial charge in [-0.3, -0.25) is 0 Å². The molecule has 0 aromatic rings. The predicted molar refractivity (Wildman–Crippen MR) is 50.6 cm³/mol. The van der Waals surface area contributed by atoms with Gasteiger partial charge in [-0.25, -0.2) is 0 Å². The van der Waals surface area contributed by atoms with E-state index in [0.717, 1.165) is 0 Å². The molecular formula is C10H16O2. The first kappa shape index (κ1) is 11.1. The van der Waals surface area contributed by atoms with Crippen LogP contribution in [0.25, 0.3) is 0 Å². The van der Waals surface area contributed by atoms with E-state index in [1.165, 1.54) is 5.57 Å². The zero-order chi connectivity index (χ0) is 9.56. The molecular weight excluding hydrogens is 152 g/mol. The molecule has 0 aromatic carbocycles. The van der Waals surface area contributed by atoms with Gasteiger partial charge in [0.2, 0.25) is 0 Å². The van der Waals surface area contributed by atoms with Crippen LogP contribution in [0.5, 0.6) is 0 Å². The molecule has 0 bridgehead atoms. The second-order valence-corrected chi connectivity index (χ2v) is 2.91. The molecule has 2 N–H and O–H groups in total. The summed E-state index contributed by atoms with van der Waals surface area (Å²) in [4.78, 5) is 0. The smallest absolute Gasteiger partial charge is 0.174 e. The quantitative estimate of drug-likeness (QED) is 0.498. The van der Waals surface area contributed by atoms with Gasteiger partial charge in [0.05, 0.1) is 0 Å². The van der Waals surface area contributed by atoms with Gasteiger partial charge in [0.1, 0.15) is 0 Å². The molecule has 0 aliphatic carbocycles. The third-order valence-electron chi connectivity index (χ3n) is 1.31. The molecule has 0 heterocycles. The number of rotatable bonds is 3. The van der Waals surface area contributed by atoms with E-state index in [9.17, 15) is 0 Å². The largest absolute Gasteiger partial charge is 0.365 e. The van der Waals surface area contributed by atoms with Gasteiger partial charge in [-0.2, -0.15) is 0 Å². The van der Waals surface area contributed by atoms with Crippen molar-refractivity contribution in [1.82, 2.24) is 0 Å². The highest BCUT2D eigenvalue weighted by Crippen LogP contribution is 1.98. The lowest BCUT2D eigenvalue weighted by Gasteiger charge is -1.99. The highest BCUT2D eigenvalue weighted by atomic mass is 16.5. The lowest BCUT2D eigenvalue weighted by Crippen LogP contribution is -2.04. The SMILES string of the molecule is CC(C)=CC=CC=C(C)C(O)O. The Morgan fingerprint density at radius 3 is 1.92 bits per heavy atom. The van der Waals surface area contributed by atoms with Gasteiger partial charge in [0.15, 0.2) is 6.29 Å². The zero-order valence-corrected chi connectivity index (χ0v) is 7.78. The van der Waals surface area contributed by atoms with Crippen LogP contribution in [0.1, 0.15) is 20.8 Å². The zero-order valence-electron chi connectivity index (χ0n) is 7.78. The van der Waals surface area contributed by atoms with Gasteiger partial charge >= 0.3 is 0 Å². The van der Waals surface area contributed by atoms with Crippen molar-refractivity contribution in [3.63, 3.8) is 0 Å². The monoisotopic (exact) mass is 168 g/mol. The third-order valence-corrected chi connectivity index (χ3v) is 1.31. The summed E-state index contributed by atoms with van der Waals surface area (Å²) in [6, 6.07) is 0. The predicted octanol–water partition coefficient (Wildman–Crippen LogP) is 1.77. The van der Waals surface area contributed by atoms with Crippen molar-refractivity contribution in [1.29, 1.82) is 0 Å². The Balaban J connectivity index is 4.04. The Morgan fingerprint density at radius 2 is 1.50 bits per heavy atom. The minimum absolute atomic E-state index is 0.536. The molecule has 0 fully saturated rings. The average molecular weight is 168 g/mol. The molecule has 68 valence electrons. The summed E-state index contributed by atoms with van der Waals surface area (Å²) in [7, 11) is 0. The highest BCUT2D eigenvalue weighted by Gasteiger charge is 1.95. The molecule has 12 heavy (non-hydrogen) atoms. The second-order valence-electron chi connectivity index (χ2n) is 2.91. The van der Waals surface area contributed by atoms with Crippen LogP contribution < -0.4 is 0 Å². The van der Waals surface area contributed by atoms with Crippen LogP contribution in [0.3, 0.4) is 0 Å². The van der Waals surface area contributed by atoms with E-state index in [4.69, 9.17) is 10.2 Å². The van der Waals surface area contributed by atoms with Gasteiger partial charge in [0.25, 0.3) is 0 Å². The van der Waals surface area contributed by atoms with E-state index in [1.807, 2.05) is 26.0 Å². The van der Waals surface area contributed by atoms with E-state index < -0.39 is 6.29 Å². The molecule has 0 atom stereocenters. The third kappa shape index (κ3) is 5.89. The summed E-state index contributed by atoms with van der Waals surface area (Å²) >= 11 is 0. The van der Waals surface area contributed by atoms with Gasteiger partial charge in [-0.15, -0.1) is 0 Å². The maximum Gasteiger partial charge on any atom is 0.174 e. The van der Waals surface area contributed by atoms with Crippen LogP contribution in [0.15, 0.2) is 35.5 Å². The maximum atomic E-state index is 8.67. The molecule has 0 aliphatic heterocycles. The minimum Gasteiger partial charge on any atom is -0.365 e. The summed E-state index contributed by atoms with van der Waals surface area (Å²) in [5, 5.41) is 17.3. The van der Waals surface area contributed by atoms with Crippen molar-refractivity contribution in [2.24, 2.45) is 0 Å². The molecule has 0 rings (SSSR count). The Labute approximate surface area is 73.5 Å².